The molecule has 1 aliphatic carbocycles. The molecule has 3 unspecified atom stereocenters. The summed E-state index contributed by atoms with van der Waals surface area (Å²) in [6.45, 7) is 6.63. The van der Waals surface area contributed by atoms with Crippen molar-refractivity contribution in [3.63, 3.8) is 0 Å². The summed E-state index contributed by atoms with van der Waals surface area (Å²) in [6.07, 6.45) is 7.59. The van der Waals surface area contributed by atoms with Crippen molar-refractivity contribution in [3.05, 3.63) is 0 Å². The Morgan fingerprint density at radius 3 is 2.56 bits per heavy atom. The van der Waals surface area contributed by atoms with E-state index < -0.39 is 0 Å². The van der Waals surface area contributed by atoms with E-state index in [1.165, 1.54) is 38.5 Å². The Balaban J connectivity index is 1.94. The molecule has 0 aromatic carbocycles. The van der Waals surface area contributed by atoms with Crippen LogP contribution in [0.3, 0.4) is 0 Å². The second kappa shape index (κ2) is 5.05. The second-order valence-electron chi connectivity index (χ2n) is 6.15. The minimum Gasteiger partial charge on any atom is -0.381 e. The van der Waals surface area contributed by atoms with Gasteiger partial charge in [0.1, 0.15) is 0 Å². The molecule has 16 heavy (non-hydrogen) atoms. The van der Waals surface area contributed by atoms with E-state index >= 15 is 0 Å². The first-order valence-electron chi connectivity index (χ1n) is 6.98. The van der Waals surface area contributed by atoms with E-state index in [0.717, 1.165) is 25.0 Å². The molecule has 2 rings (SSSR count). The van der Waals surface area contributed by atoms with Crippen molar-refractivity contribution in [1.82, 2.24) is 0 Å². The van der Waals surface area contributed by atoms with E-state index in [4.69, 9.17) is 10.5 Å². The normalized spacial score (nSPS) is 42.2. The molecule has 0 radical (unpaired) electrons. The number of hydrogen-bond donors (Lipinski definition) is 1. The molecule has 1 aliphatic heterocycles. The van der Waals surface area contributed by atoms with Gasteiger partial charge in [0, 0.05) is 18.8 Å². The van der Waals surface area contributed by atoms with Crippen molar-refractivity contribution in [2.24, 2.45) is 23.5 Å². The molecule has 0 aromatic heterocycles. The van der Waals surface area contributed by atoms with Crippen molar-refractivity contribution in [2.45, 2.75) is 57.9 Å². The Kier molecular flexibility index (Phi) is 3.91. The first kappa shape index (κ1) is 12.4. The van der Waals surface area contributed by atoms with Crippen LogP contribution in [0.5, 0.6) is 0 Å². The first-order chi connectivity index (χ1) is 7.62. The Labute approximate surface area is 99.9 Å². The average molecular weight is 225 g/mol. The number of rotatable bonds is 2. The molecule has 3 atom stereocenters. The highest BCUT2D eigenvalue weighted by Crippen LogP contribution is 2.41. The van der Waals surface area contributed by atoms with E-state index in [-0.39, 0.29) is 5.54 Å². The van der Waals surface area contributed by atoms with E-state index in [1.54, 1.807) is 0 Å². The summed E-state index contributed by atoms with van der Waals surface area (Å²) in [7, 11) is 0. The van der Waals surface area contributed by atoms with Crippen molar-refractivity contribution in [1.29, 1.82) is 0 Å². The van der Waals surface area contributed by atoms with Gasteiger partial charge < -0.3 is 10.5 Å². The number of nitrogens with two attached hydrogens (primary N) is 1. The van der Waals surface area contributed by atoms with Crippen LogP contribution in [0.4, 0.5) is 0 Å². The molecular weight excluding hydrogens is 198 g/mol. The van der Waals surface area contributed by atoms with Gasteiger partial charge in [0.25, 0.3) is 0 Å². The summed E-state index contributed by atoms with van der Waals surface area (Å²) in [4.78, 5) is 0. The average Bonchev–Trinajstić information content (AvgIpc) is 2.27. The molecule has 1 saturated heterocycles. The monoisotopic (exact) mass is 225 g/mol. The maximum absolute atomic E-state index is 6.68. The van der Waals surface area contributed by atoms with Crippen molar-refractivity contribution in [2.75, 3.05) is 13.2 Å². The van der Waals surface area contributed by atoms with Crippen molar-refractivity contribution in [3.8, 4) is 0 Å². The summed E-state index contributed by atoms with van der Waals surface area (Å²) in [5, 5.41) is 0. The molecule has 2 N–H and O–H groups in total. The van der Waals surface area contributed by atoms with Gasteiger partial charge in [-0.2, -0.15) is 0 Å². The van der Waals surface area contributed by atoms with Gasteiger partial charge in [-0.3, -0.25) is 0 Å². The predicted octanol–water partition coefficient (Wildman–Crippen LogP) is 2.96. The number of ether oxygens (including phenoxy) is 1. The van der Waals surface area contributed by atoms with Gasteiger partial charge in [-0.15, -0.1) is 0 Å². The van der Waals surface area contributed by atoms with Gasteiger partial charge in [-0.05, 0) is 43.4 Å². The largest absolute Gasteiger partial charge is 0.381 e. The van der Waals surface area contributed by atoms with Crippen LogP contribution in [0.1, 0.15) is 52.4 Å². The van der Waals surface area contributed by atoms with Crippen molar-refractivity contribution >= 4 is 0 Å². The van der Waals surface area contributed by atoms with Crippen LogP contribution in [0.15, 0.2) is 0 Å². The highest BCUT2D eigenvalue weighted by molar-refractivity contribution is 4.96. The van der Waals surface area contributed by atoms with Gasteiger partial charge in [-0.1, -0.05) is 26.7 Å². The summed E-state index contributed by atoms with van der Waals surface area (Å²) >= 11 is 0. The number of hydrogen-bond acceptors (Lipinski definition) is 2. The van der Waals surface area contributed by atoms with Crippen LogP contribution in [0.2, 0.25) is 0 Å². The Hall–Kier alpha value is -0.0800. The highest BCUT2D eigenvalue weighted by atomic mass is 16.5. The molecular formula is C14H27NO. The van der Waals surface area contributed by atoms with Gasteiger partial charge in [0.05, 0.1) is 0 Å². The molecule has 1 heterocycles. The third kappa shape index (κ3) is 2.60. The van der Waals surface area contributed by atoms with E-state index in [1.807, 2.05) is 0 Å². The SMILES string of the molecule is CC1CCCC(N)(CC2CCOCC2)C1C. The smallest absolute Gasteiger partial charge is 0.0468 e. The lowest BCUT2D eigenvalue weighted by Crippen LogP contribution is -2.52. The summed E-state index contributed by atoms with van der Waals surface area (Å²) in [5.41, 5.74) is 6.79. The van der Waals surface area contributed by atoms with Crippen LogP contribution in [-0.2, 0) is 4.74 Å². The zero-order valence-corrected chi connectivity index (χ0v) is 10.9. The molecule has 2 nitrogen and oxygen atoms in total. The van der Waals surface area contributed by atoms with E-state index in [2.05, 4.69) is 13.8 Å². The molecule has 2 heteroatoms. The van der Waals surface area contributed by atoms with E-state index in [0.29, 0.717) is 5.92 Å². The molecule has 2 aliphatic rings. The van der Waals surface area contributed by atoms with Gasteiger partial charge in [0.2, 0.25) is 0 Å². The third-order valence-corrected chi connectivity index (χ3v) is 5.07. The summed E-state index contributed by atoms with van der Waals surface area (Å²) in [6, 6.07) is 0. The van der Waals surface area contributed by atoms with Crippen LogP contribution in [0, 0.1) is 17.8 Å². The third-order valence-electron chi connectivity index (χ3n) is 5.07. The van der Waals surface area contributed by atoms with Crippen LogP contribution >= 0.6 is 0 Å². The molecule has 0 bridgehead atoms. The minimum absolute atomic E-state index is 0.111. The van der Waals surface area contributed by atoms with Crippen LogP contribution in [-0.4, -0.2) is 18.8 Å². The van der Waals surface area contributed by atoms with Crippen LogP contribution in [0.25, 0.3) is 0 Å². The lowest BCUT2D eigenvalue weighted by atomic mass is 9.65. The quantitative estimate of drug-likeness (QED) is 0.784. The Bertz CT molecular complexity index is 225. The van der Waals surface area contributed by atoms with Gasteiger partial charge in [-0.25, -0.2) is 0 Å². The lowest BCUT2D eigenvalue weighted by molar-refractivity contribution is 0.0388. The Morgan fingerprint density at radius 1 is 1.19 bits per heavy atom. The molecule has 94 valence electrons. The zero-order chi connectivity index (χ0) is 11.6. The maximum atomic E-state index is 6.68. The highest BCUT2D eigenvalue weighted by Gasteiger charge is 2.39. The van der Waals surface area contributed by atoms with Gasteiger partial charge in [0.15, 0.2) is 0 Å². The molecule has 1 saturated carbocycles. The first-order valence-corrected chi connectivity index (χ1v) is 6.98. The van der Waals surface area contributed by atoms with E-state index in [9.17, 15) is 0 Å². The fraction of sp³-hybridized carbons (Fsp3) is 1.00. The molecule has 0 spiro atoms. The molecule has 2 fully saturated rings. The minimum atomic E-state index is 0.111. The zero-order valence-electron chi connectivity index (χ0n) is 10.9. The predicted molar refractivity (Wildman–Crippen MR) is 67.3 cm³/mol. The Morgan fingerprint density at radius 2 is 1.88 bits per heavy atom. The van der Waals surface area contributed by atoms with Crippen LogP contribution < -0.4 is 5.73 Å². The fourth-order valence-corrected chi connectivity index (χ4v) is 3.57. The molecule has 0 aromatic rings. The maximum Gasteiger partial charge on any atom is 0.0468 e. The standard InChI is InChI=1S/C14H27NO/c1-11-4-3-7-14(15,12(11)2)10-13-5-8-16-9-6-13/h11-13H,3-10,15H2,1-2H3. The second-order valence-corrected chi connectivity index (χ2v) is 6.15. The summed E-state index contributed by atoms with van der Waals surface area (Å²) < 4.78 is 5.43. The topological polar surface area (TPSA) is 35.2 Å². The van der Waals surface area contributed by atoms with Gasteiger partial charge >= 0.3 is 0 Å². The molecule has 0 amide bonds. The summed E-state index contributed by atoms with van der Waals surface area (Å²) in [5.74, 6) is 2.30. The fourth-order valence-electron chi connectivity index (χ4n) is 3.57. The van der Waals surface area contributed by atoms with Crippen molar-refractivity contribution < 1.29 is 4.74 Å². The lowest BCUT2D eigenvalue weighted by Gasteiger charge is -2.45.